The van der Waals surface area contributed by atoms with Crippen LogP contribution in [0.5, 0.6) is 0 Å². The van der Waals surface area contributed by atoms with Crippen LogP contribution in [0.2, 0.25) is 5.02 Å². The number of carboxylic acids is 1. The van der Waals surface area contributed by atoms with Crippen LogP contribution in [-0.2, 0) is 11.3 Å². The van der Waals surface area contributed by atoms with Gasteiger partial charge in [0.05, 0.1) is 6.54 Å². The molecule has 0 aliphatic carbocycles. The van der Waals surface area contributed by atoms with E-state index in [-0.39, 0.29) is 6.54 Å². The number of aliphatic carboxylic acids is 1. The zero-order valence-corrected chi connectivity index (χ0v) is 14.4. The van der Waals surface area contributed by atoms with Gasteiger partial charge in [-0.3, -0.25) is 14.6 Å². The van der Waals surface area contributed by atoms with Crippen LogP contribution in [-0.4, -0.2) is 53.6 Å². The molecule has 2 rings (SSSR count). The summed E-state index contributed by atoms with van der Waals surface area (Å²) in [6.45, 7) is 2.89. The number of likely N-dealkylation sites (tertiary alicyclic amines) is 1. The Bertz CT molecular complexity index is 504. The smallest absolute Gasteiger partial charge is 0.317 e. The normalized spacial score (nSPS) is 17.3. The molecule has 1 aromatic carbocycles. The first-order chi connectivity index (χ1) is 9.95. The highest BCUT2D eigenvalue weighted by molar-refractivity contribution is 9.10. The summed E-state index contributed by atoms with van der Waals surface area (Å²) < 4.78 is 1.04. The van der Waals surface area contributed by atoms with Crippen LogP contribution in [0, 0.1) is 0 Å². The average molecular weight is 376 g/mol. The van der Waals surface area contributed by atoms with E-state index in [1.807, 2.05) is 24.1 Å². The van der Waals surface area contributed by atoms with E-state index in [0.29, 0.717) is 6.04 Å². The molecule has 1 fully saturated rings. The maximum atomic E-state index is 10.8. The van der Waals surface area contributed by atoms with Crippen LogP contribution in [0.4, 0.5) is 0 Å². The van der Waals surface area contributed by atoms with Gasteiger partial charge >= 0.3 is 5.97 Å². The van der Waals surface area contributed by atoms with E-state index in [0.717, 1.165) is 47.5 Å². The summed E-state index contributed by atoms with van der Waals surface area (Å²) in [5.74, 6) is -0.763. The highest BCUT2D eigenvalue weighted by atomic mass is 79.9. The second kappa shape index (κ2) is 7.58. The maximum absolute atomic E-state index is 10.8. The highest BCUT2D eigenvalue weighted by Gasteiger charge is 2.23. The Balaban J connectivity index is 1.86. The fourth-order valence-corrected chi connectivity index (χ4v) is 3.35. The number of carbonyl (C=O) groups is 1. The molecule has 1 saturated heterocycles. The van der Waals surface area contributed by atoms with Gasteiger partial charge in [0.25, 0.3) is 0 Å². The predicted octanol–water partition coefficient (Wildman–Crippen LogP) is 3.08. The van der Waals surface area contributed by atoms with E-state index in [2.05, 4.69) is 26.9 Å². The van der Waals surface area contributed by atoms with Crippen molar-refractivity contribution < 1.29 is 9.90 Å². The number of rotatable bonds is 5. The van der Waals surface area contributed by atoms with Gasteiger partial charge in [0.2, 0.25) is 0 Å². The molecule has 0 spiro atoms. The summed E-state index contributed by atoms with van der Waals surface area (Å²) in [6, 6.07) is 6.27. The summed E-state index contributed by atoms with van der Waals surface area (Å²) in [5.41, 5.74) is 1.13. The maximum Gasteiger partial charge on any atom is 0.317 e. The van der Waals surface area contributed by atoms with E-state index < -0.39 is 5.97 Å². The summed E-state index contributed by atoms with van der Waals surface area (Å²) in [7, 11) is 1.89. The highest BCUT2D eigenvalue weighted by Crippen LogP contribution is 2.24. The first kappa shape index (κ1) is 16.7. The van der Waals surface area contributed by atoms with Gasteiger partial charge in [-0.2, -0.15) is 0 Å². The molecule has 1 aliphatic heterocycles. The van der Waals surface area contributed by atoms with E-state index in [9.17, 15) is 4.79 Å². The SMILES string of the molecule is CN(CC(=O)O)C1CCN(Cc2cc(Br)ccc2Cl)CC1. The predicted molar refractivity (Wildman–Crippen MR) is 87.7 cm³/mol. The molecule has 0 unspecified atom stereocenters. The van der Waals surface area contributed by atoms with Crippen LogP contribution in [0.15, 0.2) is 22.7 Å². The lowest BCUT2D eigenvalue weighted by Crippen LogP contribution is -2.44. The molecule has 0 saturated carbocycles. The van der Waals surface area contributed by atoms with Crippen molar-refractivity contribution in [3.63, 3.8) is 0 Å². The zero-order valence-electron chi connectivity index (χ0n) is 12.1. The zero-order chi connectivity index (χ0) is 15.4. The summed E-state index contributed by atoms with van der Waals surface area (Å²) in [4.78, 5) is 15.1. The lowest BCUT2D eigenvalue weighted by atomic mass is 10.0. The van der Waals surface area contributed by atoms with Crippen molar-refractivity contribution >= 4 is 33.5 Å². The number of carboxylic acid groups (broad SMARTS) is 1. The number of nitrogens with zero attached hydrogens (tertiary/aromatic N) is 2. The molecule has 116 valence electrons. The van der Waals surface area contributed by atoms with E-state index in [1.165, 1.54) is 0 Å². The fourth-order valence-electron chi connectivity index (χ4n) is 2.77. The van der Waals surface area contributed by atoms with E-state index >= 15 is 0 Å². The third-order valence-corrected chi connectivity index (χ3v) is 4.83. The second-order valence-corrected chi connectivity index (χ2v) is 6.87. The quantitative estimate of drug-likeness (QED) is 0.859. The molecule has 0 atom stereocenters. The number of hydrogen-bond donors (Lipinski definition) is 1. The van der Waals surface area contributed by atoms with Crippen molar-refractivity contribution in [3.8, 4) is 0 Å². The van der Waals surface area contributed by atoms with Gasteiger partial charge in [-0.05, 0) is 56.7 Å². The van der Waals surface area contributed by atoms with Gasteiger partial charge in [-0.15, -0.1) is 0 Å². The molecule has 0 radical (unpaired) electrons. The summed E-state index contributed by atoms with van der Waals surface area (Å²) in [5, 5.41) is 9.64. The molecule has 21 heavy (non-hydrogen) atoms. The Morgan fingerprint density at radius 2 is 2.14 bits per heavy atom. The van der Waals surface area contributed by atoms with Crippen LogP contribution >= 0.6 is 27.5 Å². The second-order valence-electron chi connectivity index (χ2n) is 5.55. The summed E-state index contributed by atoms with van der Waals surface area (Å²) in [6.07, 6.45) is 1.99. The fraction of sp³-hybridized carbons (Fsp3) is 0.533. The minimum Gasteiger partial charge on any atom is -0.480 e. The molecule has 4 nitrogen and oxygen atoms in total. The molecular weight excluding hydrogens is 356 g/mol. The van der Waals surface area contributed by atoms with Gasteiger partial charge < -0.3 is 5.11 Å². The van der Waals surface area contributed by atoms with E-state index in [1.54, 1.807) is 0 Å². The Labute approximate surface area is 138 Å². The molecule has 1 aromatic rings. The first-order valence-electron chi connectivity index (χ1n) is 7.04. The van der Waals surface area contributed by atoms with Crippen molar-refractivity contribution in [2.24, 2.45) is 0 Å². The van der Waals surface area contributed by atoms with Crippen molar-refractivity contribution in [2.75, 3.05) is 26.7 Å². The van der Waals surface area contributed by atoms with Crippen molar-refractivity contribution in [1.29, 1.82) is 0 Å². The van der Waals surface area contributed by atoms with Crippen LogP contribution in [0.25, 0.3) is 0 Å². The Morgan fingerprint density at radius 3 is 2.76 bits per heavy atom. The Morgan fingerprint density at radius 1 is 1.48 bits per heavy atom. The van der Waals surface area contributed by atoms with Crippen LogP contribution in [0.3, 0.4) is 0 Å². The number of likely N-dealkylation sites (N-methyl/N-ethyl adjacent to an activating group) is 1. The minimum absolute atomic E-state index is 0.113. The molecule has 1 aliphatic rings. The third kappa shape index (κ3) is 4.95. The molecular formula is C15H20BrClN2O2. The molecule has 0 aromatic heterocycles. The van der Waals surface area contributed by atoms with Gasteiger partial charge in [-0.25, -0.2) is 0 Å². The number of halogens is 2. The standard InChI is InChI=1S/C15H20BrClN2O2/c1-18(10-15(20)21)13-4-6-19(7-5-13)9-11-8-12(16)2-3-14(11)17/h2-3,8,13H,4-7,9-10H2,1H3,(H,20,21). The largest absolute Gasteiger partial charge is 0.480 e. The molecule has 0 amide bonds. The third-order valence-electron chi connectivity index (χ3n) is 3.97. The Hall–Kier alpha value is -0.620. The monoisotopic (exact) mass is 374 g/mol. The minimum atomic E-state index is -0.763. The van der Waals surface area contributed by atoms with Gasteiger partial charge in [0.1, 0.15) is 0 Å². The van der Waals surface area contributed by atoms with Gasteiger partial charge in [0.15, 0.2) is 0 Å². The van der Waals surface area contributed by atoms with Crippen molar-refractivity contribution in [1.82, 2.24) is 9.80 Å². The number of benzene rings is 1. The lowest BCUT2D eigenvalue weighted by Gasteiger charge is -2.36. The van der Waals surface area contributed by atoms with E-state index in [4.69, 9.17) is 16.7 Å². The molecule has 0 bridgehead atoms. The summed E-state index contributed by atoms with van der Waals surface area (Å²) >= 11 is 9.70. The average Bonchev–Trinajstić information content (AvgIpc) is 2.43. The van der Waals surface area contributed by atoms with Crippen LogP contribution < -0.4 is 0 Å². The topological polar surface area (TPSA) is 43.8 Å². The Kier molecular flexibility index (Phi) is 6.05. The first-order valence-corrected chi connectivity index (χ1v) is 8.21. The van der Waals surface area contributed by atoms with Crippen molar-refractivity contribution in [3.05, 3.63) is 33.3 Å². The molecule has 1 heterocycles. The van der Waals surface area contributed by atoms with Crippen LogP contribution in [0.1, 0.15) is 18.4 Å². The van der Waals surface area contributed by atoms with Gasteiger partial charge in [0, 0.05) is 22.1 Å². The van der Waals surface area contributed by atoms with Crippen molar-refractivity contribution in [2.45, 2.75) is 25.4 Å². The number of piperidine rings is 1. The molecule has 1 N–H and O–H groups in total. The lowest BCUT2D eigenvalue weighted by molar-refractivity contribution is -0.138. The molecule has 6 heteroatoms. The van der Waals surface area contributed by atoms with Gasteiger partial charge in [-0.1, -0.05) is 27.5 Å². The number of hydrogen-bond acceptors (Lipinski definition) is 3.